The summed E-state index contributed by atoms with van der Waals surface area (Å²) in [6, 6.07) is 11.1. The van der Waals surface area contributed by atoms with Crippen molar-refractivity contribution in [1.29, 1.82) is 0 Å². The van der Waals surface area contributed by atoms with Gasteiger partial charge in [0.15, 0.2) is 23.0 Å². The second kappa shape index (κ2) is 7.33. The first-order valence-electron chi connectivity index (χ1n) is 9.63. The minimum atomic E-state index is -3.65. The summed E-state index contributed by atoms with van der Waals surface area (Å²) in [5.41, 5.74) is 1.95. The van der Waals surface area contributed by atoms with E-state index in [1.165, 1.54) is 7.11 Å². The predicted molar refractivity (Wildman–Crippen MR) is 105 cm³/mol. The zero-order valence-corrected chi connectivity index (χ0v) is 17.4. The summed E-state index contributed by atoms with van der Waals surface area (Å²) in [4.78, 5) is 0. The van der Waals surface area contributed by atoms with Crippen molar-refractivity contribution in [3.05, 3.63) is 47.5 Å². The van der Waals surface area contributed by atoms with E-state index in [0.717, 1.165) is 28.9 Å². The molecule has 0 saturated carbocycles. The van der Waals surface area contributed by atoms with E-state index < -0.39 is 10.1 Å². The van der Waals surface area contributed by atoms with Crippen LogP contribution in [0.3, 0.4) is 0 Å². The Hall–Kier alpha value is -2.49. The molecule has 0 aliphatic carbocycles. The summed E-state index contributed by atoms with van der Waals surface area (Å²) in [5.74, 6) is 2.36. The van der Waals surface area contributed by atoms with Crippen LogP contribution in [0, 0.1) is 11.8 Å². The Morgan fingerprint density at radius 1 is 0.867 bits per heavy atom. The maximum absolute atomic E-state index is 11.5. The van der Waals surface area contributed by atoms with Gasteiger partial charge in [0.2, 0.25) is 6.79 Å². The van der Waals surface area contributed by atoms with Gasteiger partial charge in [0.25, 0.3) is 0 Å². The summed E-state index contributed by atoms with van der Waals surface area (Å²) in [6.45, 7) is 1.37. The monoisotopic (exact) mass is 434 g/mol. The fourth-order valence-corrected chi connectivity index (χ4v) is 4.88. The fraction of sp³-hybridized carbons (Fsp3) is 0.429. The predicted octanol–water partition coefficient (Wildman–Crippen LogP) is 2.84. The lowest BCUT2D eigenvalue weighted by atomic mass is 9.85. The Bertz CT molecular complexity index is 1070. The molecule has 0 unspecified atom stereocenters. The van der Waals surface area contributed by atoms with Gasteiger partial charge in [-0.25, -0.2) is 0 Å². The topological polar surface area (TPSA) is 89.5 Å². The van der Waals surface area contributed by atoms with E-state index >= 15 is 0 Å². The van der Waals surface area contributed by atoms with Crippen LogP contribution in [0.5, 0.6) is 23.0 Å². The zero-order chi connectivity index (χ0) is 20.9. The normalized spacial score (nSPS) is 27.1. The number of hydrogen-bond donors (Lipinski definition) is 0. The highest BCUT2D eigenvalue weighted by atomic mass is 32.2. The highest BCUT2D eigenvalue weighted by molar-refractivity contribution is 7.86. The molecule has 3 aliphatic heterocycles. The van der Waals surface area contributed by atoms with E-state index in [1.807, 2.05) is 24.3 Å². The summed E-state index contributed by atoms with van der Waals surface area (Å²) in [6.07, 6.45) is 0.747. The van der Waals surface area contributed by atoms with Gasteiger partial charge in [-0.2, -0.15) is 8.42 Å². The summed E-state index contributed by atoms with van der Waals surface area (Å²) < 4.78 is 56.4. The van der Waals surface area contributed by atoms with E-state index in [0.29, 0.717) is 19.0 Å². The molecule has 4 atom stereocenters. The van der Waals surface area contributed by atoms with E-state index in [1.54, 1.807) is 12.1 Å². The van der Waals surface area contributed by atoms with Crippen molar-refractivity contribution in [1.82, 2.24) is 0 Å². The Morgan fingerprint density at radius 2 is 1.50 bits per heavy atom. The third kappa shape index (κ3) is 3.46. The molecule has 0 radical (unpaired) electrons. The van der Waals surface area contributed by atoms with E-state index in [2.05, 4.69) is 0 Å². The van der Waals surface area contributed by atoms with Crippen molar-refractivity contribution >= 4 is 10.1 Å². The highest BCUT2D eigenvalue weighted by Crippen LogP contribution is 2.51. The van der Waals surface area contributed by atoms with Gasteiger partial charge in [0.1, 0.15) is 0 Å². The van der Waals surface area contributed by atoms with Crippen LogP contribution < -0.4 is 18.4 Å². The average molecular weight is 434 g/mol. The van der Waals surface area contributed by atoms with Crippen LogP contribution in [0.15, 0.2) is 36.4 Å². The molecule has 3 heterocycles. The standard InChI is InChI=1S/C21H22O8S/c1-24-18-7-12(4-6-17(18)29-30(2,22)23)20-14-9-26-21(15(14)10-25-20)13-3-5-16-19(8-13)28-11-27-16/h3-8,14-15,20-21H,9-11H2,1-2H3/t14-,15-,20+,21-/m0/s1. The Labute approximate surface area is 174 Å². The Balaban J connectivity index is 1.37. The van der Waals surface area contributed by atoms with Crippen molar-refractivity contribution in [3.8, 4) is 23.0 Å². The van der Waals surface area contributed by atoms with Crippen molar-refractivity contribution < 1.29 is 36.3 Å². The van der Waals surface area contributed by atoms with Gasteiger partial charge in [0, 0.05) is 11.8 Å². The van der Waals surface area contributed by atoms with E-state index in [9.17, 15) is 8.42 Å². The van der Waals surface area contributed by atoms with Gasteiger partial charge in [-0.1, -0.05) is 12.1 Å². The number of benzene rings is 2. The molecule has 2 saturated heterocycles. The first-order valence-corrected chi connectivity index (χ1v) is 11.4. The second-order valence-electron chi connectivity index (χ2n) is 7.65. The second-order valence-corrected chi connectivity index (χ2v) is 9.22. The molecule has 8 nitrogen and oxygen atoms in total. The molecule has 0 aromatic heterocycles. The molecule has 9 heteroatoms. The molecule has 2 fully saturated rings. The lowest BCUT2D eigenvalue weighted by molar-refractivity contribution is 0.0192. The van der Waals surface area contributed by atoms with Crippen LogP contribution >= 0.6 is 0 Å². The molecular weight excluding hydrogens is 412 g/mol. The molecule has 5 rings (SSSR count). The van der Waals surface area contributed by atoms with E-state index in [-0.39, 0.29) is 36.6 Å². The number of hydrogen-bond acceptors (Lipinski definition) is 8. The summed E-state index contributed by atoms with van der Waals surface area (Å²) >= 11 is 0. The smallest absolute Gasteiger partial charge is 0.306 e. The van der Waals surface area contributed by atoms with Crippen LogP contribution in [0.25, 0.3) is 0 Å². The molecule has 30 heavy (non-hydrogen) atoms. The van der Waals surface area contributed by atoms with Gasteiger partial charge in [0.05, 0.1) is 38.8 Å². The summed E-state index contributed by atoms with van der Waals surface area (Å²) in [7, 11) is -2.18. The molecule has 2 aromatic carbocycles. The lowest BCUT2D eigenvalue weighted by Gasteiger charge is -2.18. The van der Waals surface area contributed by atoms with Gasteiger partial charge < -0.3 is 27.9 Å². The maximum atomic E-state index is 11.5. The molecule has 0 bridgehead atoms. The number of rotatable bonds is 5. The molecule has 0 N–H and O–H groups in total. The van der Waals surface area contributed by atoms with Crippen molar-refractivity contribution in [2.45, 2.75) is 12.2 Å². The lowest BCUT2D eigenvalue weighted by Crippen LogP contribution is -2.14. The maximum Gasteiger partial charge on any atom is 0.306 e. The minimum Gasteiger partial charge on any atom is -0.493 e. The molecular formula is C21H22O8S. The zero-order valence-electron chi connectivity index (χ0n) is 16.6. The van der Waals surface area contributed by atoms with E-state index in [4.69, 9.17) is 27.9 Å². The van der Waals surface area contributed by atoms with Crippen molar-refractivity contribution in [2.75, 3.05) is 33.4 Å². The van der Waals surface area contributed by atoms with Crippen LogP contribution in [0.1, 0.15) is 23.3 Å². The van der Waals surface area contributed by atoms with Crippen LogP contribution in [0.2, 0.25) is 0 Å². The molecule has 2 aromatic rings. The first kappa shape index (κ1) is 19.5. The largest absolute Gasteiger partial charge is 0.493 e. The van der Waals surface area contributed by atoms with Crippen LogP contribution in [0.4, 0.5) is 0 Å². The van der Waals surface area contributed by atoms with Gasteiger partial charge in [-0.05, 0) is 35.4 Å². The molecule has 3 aliphatic rings. The van der Waals surface area contributed by atoms with Gasteiger partial charge in [-0.15, -0.1) is 0 Å². The summed E-state index contributed by atoms with van der Waals surface area (Å²) in [5, 5.41) is 0. The number of methoxy groups -OCH3 is 1. The number of fused-ring (bicyclic) bond motifs is 2. The van der Waals surface area contributed by atoms with Crippen LogP contribution in [-0.4, -0.2) is 41.8 Å². The van der Waals surface area contributed by atoms with Gasteiger partial charge in [-0.3, -0.25) is 0 Å². The molecule has 0 amide bonds. The quantitative estimate of drug-likeness (QED) is 0.664. The highest BCUT2D eigenvalue weighted by Gasteiger charge is 2.48. The van der Waals surface area contributed by atoms with Crippen molar-refractivity contribution in [2.24, 2.45) is 11.8 Å². The van der Waals surface area contributed by atoms with Crippen molar-refractivity contribution in [3.63, 3.8) is 0 Å². The Morgan fingerprint density at radius 3 is 2.17 bits per heavy atom. The molecule has 0 spiro atoms. The average Bonchev–Trinajstić information content (AvgIpc) is 3.42. The van der Waals surface area contributed by atoms with Gasteiger partial charge >= 0.3 is 10.1 Å². The minimum absolute atomic E-state index is 0.0794. The first-order chi connectivity index (χ1) is 14.4. The Kier molecular flexibility index (Phi) is 4.76. The molecule has 160 valence electrons. The third-order valence-electron chi connectivity index (χ3n) is 5.75. The van der Waals surface area contributed by atoms with Crippen LogP contribution in [-0.2, 0) is 19.6 Å². The SMILES string of the molecule is COc1cc([C@H]2OC[C@H]3[C@@H]2CO[C@H]3c2ccc3c(c2)OCO3)ccc1OS(C)(=O)=O. The fourth-order valence-electron chi connectivity index (χ4n) is 4.42. The number of ether oxygens (including phenoxy) is 5. The third-order valence-corrected chi connectivity index (χ3v) is 6.23.